The highest BCUT2D eigenvalue weighted by molar-refractivity contribution is 7.98. The minimum atomic E-state index is -0.465. The Morgan fingerprint density at radius 3 is 2.39 bits per heavy atom. The monoisotopic (exact) mass is 267 g/mol. The van der Waals surface area contributed by atoms with Gasteiger partial charge < -0.3 is 4.74 Å². The number of benzene rings is 1. The van der Waals surface area contributed by atoms with Gasteiger partial charge in [0.05, 0.1) is 12.7 Å². The van der Waals surface area contributed by atoms with E-state index in [-0.39, 0.29) is 5.91 Å². The van der Waals surface area contributed by atoms with E-state index < -0.39 is 11.4 Å². The van der Waals surface area contributed by atoms with Crippen molar-refractivity contribution in [2.45, 2.75) is 25.7 Å². The average molecular weight is 267 g/mol. The second-order valence-electron chi connectivity index (χ2n) is 4.77. The summed E-state index contributed by atoms with van der Waals surface area (Å²) in [5, 5.41) is 0. The van der Waals surface area contributed by atoms with Crippen LogP contribution in [0.3, 0.4) is 0 Å². The molecule has 98 valence electrons. The van der Waals surface area contributed by atoms with Crippen LogP contribution in [-0.2, 0) is 9.53 Å². The number of hydrogen-bond donors (Lipinski definition) is 1. The highest BCUT2D eigenvalue weighted by Crippen LogP contribution is 2.23. The summed E-state index contributed by atoms with van der Waals surface area (Å²) < 4.78 is 7.41. The number of esters is 1. The summed E-state index contributed by atoms with van der Waals surface area (Å²) in [5.74, 6) is -0.504. The van der Waals surface area contributed by atoms with Crippen LogP contribution in [0.15, 0.2) is 29.2 Å². The van der Waals surface area contributed by atoms with E-state index in [4.69, 9.17) is 0 Å². The van der Waals surface area contributed by atoms with Gasteiger partial charge in [-0.1, -0.05) is 32.9 Å². The van der Waals surface area contributed by atoms with Crippen LogP contribution >= 0.6 is 11.9 Å². The maximum absolute atomic E-state index is 11.7. The molecule has 0 heterocycles. The molecule has 0 atom stereocenters. The zero-order valence-electron chi connectivity index (χ0n) is 10.9. The van der Waals surface area contributed by atoms with Crippen LogP contribution in [0.4, 0.5) is 0 Å². The van der Waals surface area contributed by atoms with E-state index in [2.05, 4.69) is 9.46 Å². The number of hydrogen-bond acceptors (Lipinski definition) is 4. The Balaban J connectivity index is 2.80. The van der Waals surface area contributed by atoms with Crippen molar-refractivity contribution in [1.29, 1.82) is 0 Å². The summed E-state index contributed by atoms with van der Waals surface area (Å²) in [5.41, 5.74) is -0.0214. The molecule has 0 bridgehead atoms. The fourth-order valence-electron chi connectivity index (χ4n) is 1.09. The molecule has 1 aromatic rings. The van der Waals surface area contributed by atoms with Crippen molar-refractivity contribution in [2.75, 3.05) is 7.11 Å². The summed E-state index contributed by atoms with van der Waals surface area (Å²) in [6, 6.07) is 6.98. The Bertz CT molecular complexity index is 452. The van der Waals surface area contributed by atoms with Gasteiger partial charge in [0, 0.05) is 10.3 Å². The average Bonchev–Trinajstić information content (AvgIpc) is 2.34. The molecule has 18 heavy (non-hydrogen) atoms. The third kappa shape index (κ3) is 3.77. The lowest BCUT2D eigenvalue weighted by Crippen LogP contribution is -2.30. The minimum absolute atomic E-state index is 0.0906. The molecule has 5 heteroatoms. The van der Waals surface area contributed by atoms with Gasteiger partial charge in [-0.25, -0.2) is 4.79 Å². The lowest BCUT2D eigenvalue weighted by Gasteiger charge is -2.17. The Hall–Kier alpha value is -1.49. The fraction of sp³-hybridized carbons (Fsp3) is 0.385. The largest absolute Gasteiger partial charge is 0.465 e. The lowest BCUT2D eigenvalue weighted by molar-refractivity contribution is -0.126. The van der Waals surface area contributed by atoms with Gasteiger partial charge >= 0.3 is 5.97 Å². The van der Waals surface area contributed by atoms with Crippen molar-refractivity contribution in [3.05, 3.63) is 29.8 Å². The zero-order valence-corrected chi connectivity index (χ0v) is 11.8. The third-order valence-electron chi connectivity index (χ3n) is 2.23. The molecule has 4 nitrogen and oxygen atoms in total. The molecule has 0 aliphatic carbocycles. The second kappa shape index (κ2) is 5.91. The first-order chi connectivity index (χ1) is 8.36. The van der Waals surface area contributed by atoms with Gasteiger partial charge in [0.25, 0.3) is 0 Å². The van der Waals surface area contributed by atoms with Crippen molar-refractivity contribution in [2.24, 2.45) is 5.41 Å². The van der Waals surface area contributed by atoms with Crippen molar-refractivity contribution < 1.29 is 14.3 Å². The molecule has 0 aliphatic heterocycles. The van der Waals surface area contributed by atoms with Crippen LogP contribution in [0.5, 0.6) is 0 Å². The standard InChI is InChI=1S/C13H17NO3S/c1-13(2,3)12(16)14-18-10-8-6-5-7-9(10)11(15)17-4/h5-8H,1-4H3,(H,14,16). The van der Waals surface area contributed by atoms with Crippen LogP contribution in [0.1, 0.15) is 31.1 Å². The van der Waals surface area contributed by atoms with E-state index in [1.165, 1.54) is 7.11 Å². The van der Waals surface area contributed by atoms with Crippen molar-refractivity contribution in [3.63, 3.8) is 0 Å². The van der Waals surface area contributed by atoms with Gasteiger partial charge in [0.15, 0.2) is 0 Å². The van der Waals surface area contributed by atoms with Crippen LogP contribution in [0.2, 0.25) is 0 Å². The maximum Gasteiger partial charge on any atom is 0.339 e. The lowest BCUT2D eigenvalue weighted by atomic mass is 9.96. The molecule has 0 fully saturated rings. The SMILES string of the molecule is COC(=O)c1ccccc1SNC(=O)C(C)(C)C. The first-order valence-electron chi connectivity index (χ1n) is 5.51. The van der Waals surface area contributed by atoms with Crippen LogP contribution in [-0.4, -0.2) is 19.0 Å². The molecule has 0 unspecified atom stereocenters. The minimum Gasteiger partial charge on any atom is -0.465 e. The number of carbonyl (C=O) groups is 2. The van der Waals surface area contributed by atoms with Crippen molar-refractivity contribution in [3.8, 4) is 0 Å². The van der Waals surface area contributed by atoms with Crippen molar-refractivity contribution in [1.82, 2.24) is 4.72 Å². The number of carbonyl (C=O) groups excluding carboxylic acids is 2. The van der Waals surface area contributed by atoms with E-state index in [1.54, 1.807) is 24.3 Å². The van der Waals surface area contributed by atoms with Crippen LogP contribution in [0.25, 0.3) is 0 Å². The topological polar surface area (TPSA) is 55.4 Å². The summed E-state index contributed by atoms with van der Waals surface area (Å²) >= 11 is 1.13. The smallest absolute Gasteiger partial charge is 0.339 e. The van der Waals surface area contributed by atoms with E-state index in [1.807, 2.05) is 20.8 Å². The number of ether oxygens (including phenoxy) is 1. The third-order valence-corrected chi connectivity index (χ3v) is 3.09. The molecular weight excluding hydrogens is 250 g/mol. The van der Waals surface area contributed by atoms with Gasteiger partial charge in [-0.05, 0) is 24.1 Å². The molecule has 1 aromatic carbocycles. The molecule has 1 N–H and O–H groups in total. The van der Waals surface area contributed by atoms with Gasteiger partial charge in [-0.3, -0.25) is 9.52 Å². The van der Waals surface area contributed by atoms with Crippen molar-refractivity contribution >= 4 is 23.8 Å². The summed E-state index contributed by atoms with van der Waals surface area (Å²) in [6.45, 7) is 5.49. The first-order valence-corrected chi connectivity index (χ1v) is 6.32. The Kier molecular flexibility index (Phi) is 4.78. The molecular formula is C13H17NO3S. The Morgan fingerprint density at radius 1 is 1.22 bits per heavy atom. The summed E-state index contributed by atoms with van der Waals surface area (Å²) in [7, 11) is 1.33. The molecule has 1 rings (SSSR count). The predicted octanol–water partition coefficient (Wildman–Crippen LogP) is 2.64. The first kappa shape index (κ1) is 14.6. The number of nitrogens with one attached hydrogen (secondary N) is 1. The quantitative estimate of drug-likeness (QED) is 0.675. The van der Waals surface area contributed by atoms with E-state index in [0.29, 0.717) is 10.5 Å². The molecule has 0 saturated carbocycles. The molecule has 0 aromatic heterocycles. The van der Waals surface area contributed by atoms with E-state index in [0.717, 1.165) is 11.9 Å². The van der Waals surface area contributed by atoms with Gasteiger partial charge in [-0.2, -0.15) is 0 Å². The predicted molar refractivity (Wildman–Crippen MR) is 71.2 cm³/mol. The fourth-order valence-corrected chi connectivity index (χ4v) is 2.01. The van der Waals surface area contributed by atoms with Crippen LogP contribution < -0.4 is 4.72 Å². The van der Waals surface area contributed by atoms with Gasteiger partial charge in [0.2, 0.25) is 5.91 Å². The number of rotatable bonds is 3. The molecule has 0 aliphatic rings. The summed E-state index contributed by atoms with van der Waals surface area (Å²) in [4.78, 5) is 23.9. The Morgan fingerprint density at radius 2 is 1.83 bits per heavy atom. The highest BCUT2D eigenvalue weighted by atomic mass is 32.2. The zero-order chi connectivity index (χ0) is 13.8. The highest BCUT2D eigenvalue weighted by Gasteiger charge is 2.22. The summed E-state index contributed by atoms with van der Waals surface area (Å²) in [6.07, 6.45) is 0. The van der Waals surface area contributed by atoms with Crippen LogP contribution in [0, 0.1) is 5.41 Å². The number of amides is 1. The molecule has 0 radical (unpaired) electrons. The van der Waals surface area contributed by atoms with Gasteiger partial charge in [0.1, 0.15) is 0 Å². The molecule has 0 saturated heterocycles. The van der Waals surface area contributed by atoms with Gasteiger partial charge in [-0.15, -0.1) is 0 Å². The molecule has 1 amide bonds. The Labute approximate surface area is 111 Å². The maximum atomic E-state index is 11.7. The second-order valence-corrected chi connectivity index (χ2v) is 5.62. The van der Waals surface area contributed by atoms with E-state index in [9.17, 15) is 9.59 Å². The molecule has 0 spiro atoms. The normalized spacial score (nSPS) is 10.9. The number of methoxy groups -OCH3 is 1. The van der Waals surface area contributed by atoms with E-state index >= 15 is 0 Å².